The van der Waals surface area contributed by atoms with E-state index in [4.69, 9.17) is 10.5 Å². The summed E-state index contributed by atoms with van der Waals surface area (Å²) in [6.07, 6.45) is 2.75. The Balaban J connectivity index is 1.77. The Hall–Kier alpha value is -2.88. The molecule has 0 atom stereocenters. The first-order chi connectivity index (χ1) is 10.7. The number of anilines is 1. The molecule has 0 aliphatic rings. The maximum absolute atomic E-state index is 13.2. The summed E-state index contributed by atoms with van der Waals surface area (Å²) in [6, 6.07) is 16.7. The van der Waals surface area contributed by atoms with E-state index in [2.05, 4.69) is 4.98 Å². The normalized spacial score (nSPS) is 10.4. The SMILES string of the molecule is Nc1cc(OCc2ccccc2)ccc1-c1cncc(F)c1. The smallest absolute Gasteiger partial charge is 0.142 e. The molecule has 0 fully saturated rings. The van der Waals surface area contributed by atoms with Gasteiger partial charge in [0.15, 0.2) is 0 Å². The largest absolute Gasteiger partial charge is 0.489 e. The van der Waals surface area contributed by atoms with Gasteiger partial charge in [-0.2, -0.15) is 0 Å². The number of pyridine rings is 1. The van der Waals surface area contributed by atoms with Crippen molar-refractivity contribution >= 4 is 5.69 Å². The third kappa shape index (κ3) is 3.23. The van der Waals surface area contributed by atoms with Crippen molar-refractivity contribution < 1.29 is 9.13 Å². The number of nitrogens with zero attached hydrogens (tertiary/aromatic N) is 1. The molecule has 0 spiro atoms. The molecule has 0 aliphatic heterocycles. The van der Waals surface area contributed by atoms with Gasteiger partial charge in [-0.15, -0.1) is 0 Å². The van der Waals surface area contributed by atoms with E-state index in [1.807, 2.05) is 42.5 Å². The van der Waals surface area contributed by atoms with Crippen LogP contribution < -0.4 is 10.5 Å². The molecule has 2 N–H and O–H groups in total. The van der Waals surface area contributed by atoms with Crippen molar-refractivity contribution in [1.29, 1.82) is 0 Å². The molecular weight excluding hydrogens is 279 g/mol. The van der Waals surface area contributed by atoms with Gasteiger partial charge < -0.3 is 10.5 Å². The van der Waals surface area contributed by atoms with Crippen LogP contribution in [0.2, 0.25) is 0 Å². The third-order valence-corrected chi connectivity index (χ3v) is 3.29. The van der Waals surface area contributed by atoms with Crippen LogP contribution in [-0.2, 0) is 6.61 Å². The van der Waals surface area contributed by atoms with Crippen molar-refractivity contribution in [3.8, 4) is 16.9 Å². The molecule has 0 amide bonds. The summed E-state index contributed by atoms with van der Waals surface area (Å²) in [6.45, 7) is 0.473. The molecule has 22 heavy (non-hydrogen) atoms. The molecule has 3 nitrogen and oxygen atoms in total. The zero-order valence-electron chi connectivity index (χ0n) is 11.9. The standard InChI is InChI=1S/C18H15FN2O/c19-15-8-14(10-21-11-15)17-7-6-16(9-18(17)20)22-12-13-4-2-1-3-5-13/h1-11H,12,20H2. The molecule has 0 unspecified atom stereocenters. The molecule has 2 aromatic carbocycles. The molecule has 3 rings (SSSR count). The zero-order valence-corrected chi connectivity index (χ0v) is 11.9. The van der Waals surface area contributed by atoms with Crippen molar-refractivity contribution in [2.24, 2.45) is 0 Å². The van der Waals surface area contributed by atoms with Gasteiger partial charge >= 0.3 is 0 Å². The van der Waals surface area contributed by atoms with Crippen LogP contribution in [0.3, 0.4) is 0 Å². The van der Waals surface area contributed by atoms with Crippen LogP contribution in [0, 0.1) is 5.82 Å². The van der Waals surface area contributed by atoms with Gasteiger partial charge in [-0.1, -0.05) is 30.3 Å². The minimum absolute atomic E-state index is 0.388. The number of hydrogen-bond donors (Lipinski definition) is 1. The van der Waals surface area contributed by atoms with Crippen LogP contribution in [0.4, 0.5) is 10.1 Å². The van der Waals surface area contributed by atoms with Crippen LogP contribution in [0.25, 0.3) is 11.1 Å². The maximum atomic E-state index is 13.2. The van der Waals surface area contributed by atoms with Crippen LogP contribution in [-0.4, -0.2) is 4.98 Å². The summed E-state index contributed by atoms with van der Waals surface area (Å²) in [4.78, 5) is 3.84. The fourth-order valence-corrected chi connectivity index (χ4v) is 2.19. The zero-order chi connectivity index (χ0) is 15.4. The monoisotopic (exact) mass is 294 g/mol. The molecule has 110 valence electrons. The summed E-state index contributed by atoms with van der Waals surface area (Å²) in [5, 5.41) is 0. The van der Waals surface area contributed by atoms with Crippen LogP contribution in [0.1, 0.15) is 5.56 Å². The van der Waals surface area contributed by atoms with E-state index < -0.39 is 0 Å². The number of nitrogens with two attached hydrogens (primary N) is 1. The van der Waals surface area contributed by atoms with E-state index in [9.17, 15) is 4.39 Å². The number of hydrogen-bond acceptors (Lipinski definition) is 3. The fourth-order valence-electron chi connectivity index (χ4n) is 2.19. The first-order valence-corrected chi connectivity index (χ1v) is 6.89. The van der Waals surface area contributed by atoms with Gasteiger partial charge in [0.2, 0.25) is 0 Å². The first kappa shape index (κ1) is 14.1. The van der Waals surface area contributed by atoms with Crippen molar-refractivity contribution in [3.63, 3.8) is 0 Å². The molecule has 3 aromatic rings. The lowest BCUT2D eigenvalue weighted by atomic mass is 10.1. The molecule has 1 aromatic heterocycles. The van der Waals surface area contributed by atoms with E-state index in [-0.39, 0.29) is 5.82 Å². The lowest BCUT2D eigenvalue weighted by molar-refractivity contribution is 0.306. The van der Waals surface area contributed by atoms with Crippen LogP contribution in [0.15, 0.2) is 67.0 Å². The van der Waals surface area contributed by atoms with E-state index in [0.717, 1.165) is 17.3 Å². The summed E-state index contributed by atoms with van der Waals surface area (Å²) in [5.74, 6) is 0.288. The van der Waals surface area contributed by atoms with Gasteiger partial charge in [0, 0.05) is 29.1 Å². The third-order valence-electron chi connectivity index (χ3n) is 3.29. The summed E-state index contributed by atoms with van der Waals surface area (Å²) in [7, 11) is 0. The average Bonchev–Trinajstić information content (AvgIpc) is 2.54. The summed E-state index contributed by atoms with van der Waals surface area (Å²) >= 11 is 0. The molecule has 1 heterocycles. The van der Waals surface area contributed by atoms with Crippen molar-refractivity contribution in [2.75, 3.05) is 5.73 Å². The van der Waals surface area contributed by atoms with Crippen LogP contribution in [0.5, 0.6) is 5.75 Å². The summed E-state index contributed by atoms with van der Waals surface area (Å²) < 4.78 is 19.0. The van der Waals surface area contributed by atoms with E-state index in [0.29, 0.717) is 23.6 Å². The highest BCUT2D eigenvalue weighted by atomic mass is 19.1. The van der Waals surface area contributed by atoms with Gasteiger partial charge in [0.05, 0.1) is 6.20 Å². The Morgan fingerprint density at radius 3 is 2.55 bits per heavy atom. The van der Waals surface area contributed by atoms with Crippen molar-refractivity contribution in [2.45, 2.75) is 6.61 Å². The number of nitrogen functional groups attached to an aromatic ring is 1. The lowest BCUT2D eigenvalue weighted by Gasteiger charge is -2.10. The van der Waals surface area contributed by atoms with Gasteiger partial charge in [-0.3, -0.25) is 4.98 Å². The Morgan fingerprint density at radius 2 is 1.82 bits per heavy atom. The molecule has 0 bridgehead atoms. The van der Waals surface area contributed by atoms with Gasteiger partial charge in [0.25, 0.3) is 0 Å². The number of benzene rings is 2. The molecule has 4 heteroatoms. The number of ether oxygens (including phenoxy) is 1. The summed E-state index contributed by atoms with van der Waals surface area (Å²) in [5.41, 5.74) is 9.03. The van der Waals surface area contributed by atoms with E-state index in [1.54, 1.807) is 12.3 Å². The second-order valence-electron chi connectivity index (χ2n) is 4.92. The minimum atomic E-state index is -0.388. The fraction of sp³-hybridized carbons (Fsp3) is 0.0556. The second-order valence-corrected chi connectivity index (χ2v) is 4.92. The Morgan fingerprint density at radius 1 is 1.00 bits per heavy atom. The van der Waals surface area contributed by atoms with Crippen LogP contribution >= 0.6 is 0 Å². The Bertz CT molecular complexity index is 775. The van der Waals surface area contributed by atoms with E-state index in [1.165, 1.54) is 6.07 Å². The predicted octanol–water partition coefficient (Wildman–Crippen LogP) is 4.05. The second kappa shape index (κ2) is 6.26. The average molecular weight is 294 g/mol. The Kier molecular flexibility index (Phi) is 4.01. The topological polar surface area (TPSA) is 48.1 Å². The molecule has 0 saturated heterocycles. The highest BCUT2D eigenvalue weighted by Crippen LogP contribution is 2.29. The van der Waals surface area contributed by atoms with Crippen molar-refractivity contribution in [3.05, 3.63) is 78.4 Å². The quantitative estimate of drug-likeness (QED) is 0.738. The number of halogens is 1. The van der Waals surface area contributed by atoms with Gasteiger partial charge in [0.1, 0.15) is 18.2 Å². The Labute approximate surface area is 128 Å². The number of rotatable bonds is 4. The van der Waals surface area contributed by atoms with Gasteiger partial charge in [-0.05, 0) is 23.8 Å². The molecule has 0 saturated carbocycles. The van der Waals surface area contributed by atoms with Crippen molar-refractivity contribution in [1.82, 2.24) is 4.98 Å². The first-order valence-electron chi connectivity index (χ1n) is 6.89. The maximum Gasteiger partial charge on any atom is 0.142 e. The predicted molar refractivity (Wildman–Crippen MR) is 84.8 cm³/mol. The highest BCUT2D eigenvalue weighted by molar-refractivity contribution is 5.76. The van der Waals surface area contributed by atoms with E-state index >= 15 is 0 Å². The van der Waals surface area contributed by atoms with Gasteiger partial charge in [-0.25, -0.2) is 4.39 Å². The minimum Gasteiger partial charge on any atom is -0.489 e. The lowest BCUT2D eigenvalue weighted by Crippen LogP contribution is -1.97. The highest BCUT2D eigenvalue weighted by Gasteiger charge is 2.06. The number of aromatic nitrogens is 1. The molecule has 0 radical (unpaired) electrons. The molecule has 0 aliphatic carbocycles. The molecular formula is C18H15FN2O.